The summed E-state index contributed by atoms with van der Waals surface area (Å²) < 4.78 is 5.70. The molecule has 2 heterocycles. The quantitative estimate of drug-likeness (QED) is 0.852. The standard InChI is InChI=1S/C13H21N3O2/c1-8(2)12-10(4-5-18-12)6-15-13(17)11-7-14-9(3)16-11/h7-8,10,12H,4-6H2,1-3H3,(H,14,16)(H,15,17)/t10-,12-/m1/s1. The van der Waals surface area contributed by atoms with Gasteiger partial charge in [-0.2, -0.15) is 0 Å². The fourth-order valence-electron chi connectivity index (χ4n) is 2.47. The van der Waals surface area contributed by atoms with Crippen LogP contribution in [0, 0.1) is 18.8 Å². The first-order valence-electron chi connectivity index (χ1n) is 6.49. The second kappa shape index (κ2) is 5.52. The van der Waals surface area contributed by atoms with Crippen molar-refractivity contribution in [2.45, 2.75) is 33.3 Å². The van der Waals surface area contributed by atoms with Gasteiger partial charge in [-0.05, 0) is 19.3 Å². The van der Waals surface area contributed by atoms with Gasteiger partial charge in [-0.25, -0.2) is 4.98 Å². The number of amides is 1. The maximum atomic E-state index is 11.9. The Balaban J connectivity index is 1.86. The molecule has 1 fully saturated rings. The number of aryl methyl sites for hydroxylation is 1. The van der Waals surface area contributed by atoms with E-state index in [1.807, 2.05) is 6.92 Å². The van der Waals surface area contributed by atoms with Crippen LogP contribution in [0.3, 0.4) is 0 Å². The molecule has 2 atom stereocenters. The fraction of sp³-hybridized carbons (Fsp3) is 0.692. The zero-order chi connectivity index (χ0) is 13.1. The lowest BCUT2D eigenvalue weighted by atomic mass is 9.93. The Hall–Kier alpha value is -1.36. The molecule has 5 nitrogen and oxygen atoms in total. The lowest BCUT2D eigenvalue weighted by Crippen LogP contribution is -2.35. The summed E-state index contributed by atoms with van der Waals surface area (Å²) in [7, 11) is 0. The van der Waals surface area contributed by atoms with Crippen LogP contribution in [0.15, 0.2) is 6.20 Å². The molecule has 1 aliphatic rings. The fourth-order valence-corrected chi connectivity index (χ4v) is 2.47. The van der Waals surface area contributed by atoms with Crippen LogP contribution in [0.1, 0.15) is 36.6 Å². The van der Waals surface area contributed by atoms with Crippen molar-refractivity contribution in [2.24, 2.45) is 11.8 Å². The van der Waals surface area contributed by atoms with Gasteiger partial charge in [0.05, 0.1) is 12.3 Å². The average Bonchev–Trinajstić information content (AvgIpc) is 2.94. The average molecular weight is 251 g/mol. The summed E-state index contributed by atoms with van der Waals surface area (Å²) in [6, 6.07) is 0. The number of rotatable bonds is 4. The van der Waals surface area contributed by atoms with Gasteiger partial charge in [0.1, 0.15) is 11.5 Å². The predicted octanol–water partition coefficient (Wildman–Crippen LogP) is 1.51. The molecule has 0 bridgehead atoms. The number of nitrogens with zero attached hydrogens (tertiary/aromatic N) is 1. The zero-order valence-electron chi connectivity index (χ0n) is 11.2. The number of carbonyl (C=O) groups excluding carboxylic acids is 1. The molecular formula is C13H21N3O2. The number of imidazole rings is 1. The Morgan fingerprint density at radius 3 is 3.06 bits per heavy atom. The van der Waals surface area contributed by atoms with Crippen LogP contribution in [0.4, 0.5) is 0 Å². The van der Waals surface area contributed by atoms with Crippen molar-refractivity contribution < 1.29 is 9.53 Å². The number of nitrogens with one attached hydrogen (secondary N) is 2. The number of hydrogen-bond acceptors (Lipinski definition) is 3. The summed E-state index contributed by atoms with van der Waals surface area (Å²) in [4.78, 5) is 18.8. The van der Waals surface area contributed by atoms with E-state index < -0.39 is 0 Å². The third-order valence-electron chi connectivity index (χ3n) is 3.39. The zero-order valence-corrected chi connectivity index (χ0v) is 11.2. The van der Waals surface area contributed by atoms with E-state index in [9.17, 15) is 4.79 Å². The minimum Gasteiger partial charge on any atom is -0.378 e. The topological polar surface area (TPSA) is 67.0 Å². The van der Waals surface area contributed by atoms with Gasteiger partial charge in [0.15, 0.2) is 0 Å². The molecular weight excluding hydrogens is 230 g/mol. The first-order chi connectivity index (χ1) is 8.58. The summed E-state index contributed by atoms with van der Waals surface area (Å²) in [6.45, 7) is 7.61. The molecule has 0 spiro atoms. The molecule has 1 saturated heterocycles. The highest BCUT2D eigenvalue weighted by molar-refractivity contribution is 5.92. The van der Waals surface area contributed by atoms with E-state index in [-0.39, 0.29) is 12.0 Å². The van der Waals surface area contributed by atoms with Crippen molar-refractivity contribution in [3.63, 3.8) is 0 Å². The molecule has 0 saturated carbocycles. The van der Waals surface area contributed by atoms with Gasteiger partial charge in [-0.1, -0.05) is 13.8 Å². The van der Waals surface area contributed by atoms with Gasteiger partial charge in [0, 0.05) is 19.1 Å². The van der Waals surface area contributed by atoms with E-state index in [1.54, 1.807) is 6.20 Å². The minimum atomic E-state index is -0.0926. The second-order valence-corrected chi connectivity index (χ2v) is 5.22. The van der Waals surface area contributed by atoms with Crippen molar-refractivity contribution in [1.82, 2.24) is 15.3 Å². The summed E-state index contributed by atoms with van der Waals surface area (Å²) in [5.41, 5.74) is 0.521. The van der Waals surface area contributed by atoms with Crippen LogP contribution in [0.2, 0.25) is 0 Å². The molecule has 0 radical (unpaired) electrons. The molecule has 1 aromatic heterocycles. The molecule has 1 aliphatic heterocycles. The Morgan fingerprint density at radius 2 is 2.44 bits per heavy atom. The summed E-state index contributed by atoms with van der Waals surface area (Å²) in [5.74, 6) is 1.57. The lowest BCUT2D eigenvalue weighted by Gasteiger charge is -2.22. The molecule has 2 rings (SSSR count). The molecule has 18 heavy (non-hydrogen) atoms. The molecule has 0 aliphatic carbocycles. The smallest absolute Gasteiger partial charge is 0.269 e. The van der Waals surface area contributed by atoms with Gasteiger partial charge in [0.2, 0.25) is 0 Å². The van der Waals surface area contributed by atoms with E-state index in [4.69, 9.17) is 4.74 Å². The van der Waals surface area contributed by atoms with Gasteiger partial charge >= 0.3 is 0 Å². The number of ether oxygens (including phenoxy) is 1. The van der Waals surface area contributed by atoms with Crippen LogP contribution in [0.5, 0.6) is 0 Å². The largest absolute Gasteiger partial charge is 0.378 e. The van der Waals surface area contributed by atoms with E-state index in [2.05, 4.69) is 29.1 Å². The number of H-pyrrole nitrogens is 1. The molecule has 1 amide bonds. The van der Waals surface area contributed by atoms with Gasteiger partial charge in [-0.15, -0.1) is 0 Å². The SMILES string of the molecule is Cc1ncc(C(=O)NC[C@H]2CCO[C@@H]2C(C)C)[nH]1. The van der Waals surface area contributed by atoms with Crippen molar-refractivity contribution in [3.05, 3.63) is 17.7 Å². The van der Waals surface area contributed by atoms with Crippen molar-refractivity contribution in [3.8, 4) is 0 Å². The number of carbonyl (C=O) groups is 1. The van der Waals surface area contributed by atoms with Crippen molar-refractivity contribution in [2.75, 3.05) is 13.2 Å². The highest BCUT2D eigenvalue weighted by Gasteiger charge is 2.30. The highest BCUT2D eigenvalue weighted by Crippen LogP contribution is 2.26. The minimum absolute atomic E-state index is 0.0926. The number of aromatic amines is 1. The third-order valence-corrected chi connectivity index (χ3v) is 3.39. The predicted molar refractivity (Wildman–Crippen MR) is 68.3 cm³/mol. The van der Waals surface area contributed by atoms with E-state index in [0.717, 1.165) is 18.9 Å². The Morgan fingerprint density at radius 1 is 1.67 bits per heavy atom. The number of aromatic nitrogens is 2. The molecule has 1 aromatic rings. The normalized spacial score (nSPS) is 23.6. The van der Waals surface area contributed by atoms with Gasteiger partial charge in [-0.3, -0.25) is 4.79 Å². The summed E-state index contributed by atoms with van der Waals surface area (Å²) in [5, 5.41) is 2.95. The van der Waals surface area contributed by atoms with Crippen LogP contribution < -0.4 is 5.32 Å². The lowest BCUT2D eigenvalue weighted by molar-refractivity contribution is 0.0533. The Kier molecular flexibility index (Phi) is 4.01. The first kappa shape index (κ1) is 13.1. The monoisotopic (exact) mass is 251 g/mol. The van der Waals surface area contributed by atoms with Crippen LogP contribution >= 0.6 is 0 Å². The molecule has 100 valence electrons. The highest BCUT2D eigenvalue weighted by atomic mass is 16.5. The summed E-state index contributed by atoms with van der Waals surface area (Å²) in [6.07, 6.45) is 2.84. The van der Waals surface area contributed by atoms with E-state index >= 15 is 0 Å². The van der Waals surface area contributed by atoms with Gasteiger partial charge in [0.25, 0.3) is 5.91 Å². The van der Waals surface area contributed by atoms with Crippen molar-refractivity contribution >= 4 is 5.91 Å². The second-order valence-electron chi connectivity index (χ2n) is 5.22. The third kappa shape index (κ3) is 2.90. The van der Waals surface area contributed by atoms with E-state index in [1.165, 1.54) is 0 Å². The van der Waals surface area contributed by atoms with Gasteiger partial charge < -0.3 is 15.0 Å². The van der Waals surface area contributed by atoms with Crippen LogP contribution in [0.25, 0.3) is 0 Å². The maximum absolute atomic E-state index is 11.9. The summed E-state index contributed by atoms with van der Waals surface area (Å²) >= 11 is 0. The Labute approximate surface area is 107 Å². The van der Waals surface area contributed by atoms with Crippen LogP contribution in [-0.2, 0) is 4.74 Å². The molecule has 0 aromatic carbocycles. The molecule has 2 N–H and O–H groups in total. The number of hydrogen-bond donors (Lipinski definition) is 2. The van der Waals surface area contributed by atoms with Crippen molar-refractivity contribution in [1.29, 1.82) is 0 Å². The molecule has 0 unspecified atom stereocenters. The Bertz CT molecular complexity index is 414. The molecule has 5 heteroatoms. The maximum Gasteiger partial charge on any atom is 0.269 e. The van der Waals surface area contributed by atoms with E-state index in [0.29, 0.717) is 24.1 Å². The first-order valence-corrected chi connectivity index (χ1v) is 6.49. The van der Waals surface area contributed by atoms with Crippen LogP contribution in [-0.4, -0.2) is 35.1 Å².